The van der Waals surface area contributed by atoms with Crippen molar-refractivity contribution in [3.63, 3.8) is 0 Å². The molecule has 1 aromatic heterocycles. The van der Waals surface area contributed by atoms with Gasteiger partial charge in [0.1, 0.15) is 0 Å². The number of rotatable bonds is 5. The van der Waals surface area contributed by atoms with Gasteiger partial charge in [-0.2, -0.15) is 0 Å². The van der Waals surface area contributed by atoms with Crippen molar-refractivity contribution in [3.05, 3.63) is 41.6 Å². The van der Waals surface area contributed by atoms with E-state index in [-0.39, 0.29) is 24.8 Å². The molecule has 2 aromatic rings. The van der Waals surface area contributed by atoms with Crippen LogP contribution in [0.5, 0.6) is 0 Å². The maximum Gasteiger partial charge on any atom is 0.311 e. The van der Waals surface area contributed by atoms with Gasteiger partial charge in [0.2, 0.25) is 11.8 Å². The normalized spacial score (nSPS) is 17.3. The highest BCUT2D eigenvalue weighted by molar-refractivity contribution is 5.99. The van der Waals surface area contributed by atoms with Crippen molar-refractivity contribution in [3.8, 4) is 0 Å². The van der Waals surface area contributed by atoms with Gasteiger partial charge in [0.25, 0.3) is 5.89 Å². The van der Waals surface area contributed by atoms with Gasteiger partial charge >= 0.3 is 5.97 Å². The van der Waals surface area contributed by atoms with E-state index < -0.39 is 11.9 Å². The fourth-order valence-electron chi connectivity index (χ4n) is 2.67. The molecule has 0 radical (unpaired) electrons. The standard InChI is InChI=1S/C17H19N3O4/c1-3-12-4-6-14(7-5-12)20-9-13(8-16(20)21)17(22)23-10-15-19-18-11(2)24-15/h4-7,13H,3,8-10H2,1-2H3/t13-/m0/s1. The number of hydrogen-bond donors (Lipinski definition) is 0. The average Bonchev–Trinajstić information content (AvgIpc) is 3.18. The molecule has 0 N–H and O–H groups in total. The van der Waals surface area contributed by atoms with Crippen molar-refractivity contribution in [2.24, 2.45) is 5.92 Å². The Hall–Kier alpha value is -2.70. The molecule has 0 spiro atoms. The minimum atomic E-state index is -0.479. The molecule has 24 heavy (non-hydrogen) atoms. The van der Waals surface area contributed by atoms with Gasteiger partial charge in [-0.1, -0.05) is 19.1 Å². The molecular weight excluding hydrogens is 310 g/mol. The number of carbonyl (C=O) groups is 2. The second-order valence-electron chi connectivity index (χ2n) is 5.75. The fourth-order valence-corrected chi connectivity index (χ4v) is 2.67. The number of ether oxygens (including phenoxy) is 1. The predicted octanol–water partition coefficient (Wildman–Crippen LogP) is 2.04. The molecule has 1 aliphatic rings. The summed E-state index contributed by atoms with van der Waals surface area (Å²) < 4.78 is 10.3. The summed E-state index contributed by atoms with van der Waals surface area (Å²) in [5.41, 5.74) is 2.01. The first kappa shape index (κ1) is 16.2. The van der Waals surface area contributed by atoms with E-state index in [2.05, 4.69) is 17.1 Å². The molecule has 0 bridgehead atoms. The summed E-state index contributed by atoms with van der Waals surface area (Å²) in [7, 11) is 0. The summed E-state index contributed by atoms with van der Waals surface area (Å²) in [6.45, 7) is 3.99. The van der Waals surface area contributed by atoms with Gasteiger partial charge in [-0.3, -0.25) is 9.59 Å². The number of anilines is 1. The van der Waals surface area contributed by atoms with E-state index in [0.717, 1.165) is 12.1 Å². The smallest absolute Gasteiger partial charge is 0.311 e. The third kappa shape index (κ3) is 3.45. The van der Waals surface area contributed by atoms with E-state index in [4.69, 9.17) is 9.15 Å². The van der Waals surface area contributed by atoms with Crippen LogP contribution in [0.15, 0.2) is 28.7 Å². The fraction of sp³-hybridized carbons (Fsp3) is 0.412. The predicted molar refractivity (Wildman–Crippen MR) is 85.1 cm³/mol. The summed E-state index contributed by atoms with van der Waals surface area (Å²) in [6.07, 6.45) is 1.09. The Morgan fingerprint density at radius 1 is 1.33 bits per heavy atom. The van der Waals surface area contributed by atoms with Crippen LogP contribution in [-0.2, 0) is 27.4 Å². The van der Waals surface area contributed by atoms with Crippen molar-refractivity contribution in [2.75, 3.05) is 11.4 Å². The van der Waals surface area contributed by atoms with E-state index in [1.807, 2.05) is 24.3 Å². The first-order valence-electron chi connectivity index (χ1n) is 7.91. The molecule has 0 aliphatic carbocycles. The van der Waals surface area contributed by atoms with Crippen LogP contribution in [0.3, 0.4) is 0 Å². The number of benzene rings is 1. The monoisotopic (exact) mass is 329 g/mol. The molecule has 7 heteroatoms. The highest BCUT2D eigenvalue weighted by Gasteiger charge is 2.36. The Bertz CT molecular complexity index is 739. The van der Waals surface area contributed by atoms with Gasteiger partial charge in [-0.05, 0) is 24.1 Å². The summed E-state index contributed by atoms with van der Waals surface area (Å²) in [4.78, 5) is 26.0. The van der Waals surface area contributed by atoms with E-state index in [1.165, 1.54) is 5.56 Å². The topological polar surface area (TPSA) is 85.5 Å². The first-order chi connectivity index (χ1) is 11.6. The third-order valence-electron chi connectivity index (χ3n) is 4.02. The van der Waals surface area contributed by atoms with Crippen LogP contribution in [0.25, 0.3) is 0 Å². The number of aromatic nitrogens is 2. The maximum atomic E-state index is 12.2. The quantitative estimate of drug-likeness (QED) is 0.780. The van der Waals surface area contributed by atoms with Crippen molar-refractivity contribution in [2.45, 2.75) is 33.3 Å². The minimum Gasteiger partial charge on any atom is -0.455 e. The van der Waals surface area contributed by atoms with Crippen LogP contribution >= 0.6 is 0 Å². The van der Waals surface area contributed by atoms with Crippen molar-refractivity contribution in [1.29, 1.82) is 0 Å². The van der Waals surface area contributed by atoms with Crippen LogP contribution in [0, 0.1) is 12.8 Å². The van der Waals surface area contributed by atoms with E-state index >= 15 is 0 Å². The van der Waals surface area contributed by atoms with Gasteiger partial charge in [0.15, 0.2) is 6.61 Å². The van der Waals surface area contributed by atoms with E-state index in [9.17, 15) is 9.59 Å². The molecule has 1 aliphatic heterocycles. The highest BCUT2D eigenvalue weighted by atomic mass is 16.5. The number of carbonyl (C=O) groups excluding carboxylic acids is 2. The lowest BCUT2D eigenvalue weighted by Crippen LogP contribution is -2.26. The number of amides is 1. The van der Waals surface area contributed by atoms with Crippen LogP contribution in [0.4, 0.5) is 5.69 Å². The highest BCUT2D eigenvalue weighted by Crippen LogP contribution is 2.26. The molecule has 1 saturated heterocycles. The second-order valence-corrected chi connectivity index (χ2v) is 5.75. The van der Waals surface area contributed by atoms with Crippen molar-refractivity contribution < 1.29 is 18.7 Å². The van der Waals surface area contributed by atoms with Gasteiger partial charge in [0, 0.05) is 25.6 Å². The Morgan fingerprint density at radius 3 is 2.71 bits per heavy atom. The van der Waals surface area contributed by atoms with Gasteiger partial charge in [-0.15, -0.1) is 10.2 Å². The Morgan fingerprint density at radius 2 is 2.08 bits per heavy atom. The molecule has 1 atom stereocenters. The van der Waals surface area contributed by atoms with Gasteiger partial charge < -0.3 is 14.1 Å². The Balaban J connectivity index is 1.59. The minimum absolute atomic E-state index is 0.0738. The molecular formula is C17H19N3O4. The van der Waals surface area contributed by atoms with Crippen LogP contribution in [0.2, 0.25) is 0 Å². The molecule has 7 nitrogen and oxygen atoms in total. The molecule has 0 unspecified atom stereocenters. The van der Waals surface area contributed by atoms with Crippen molar-refractivity contribution >= 4 is 17.6 Å². The largest absolute Gasteiger partial charge is 0.455 e. The molecule has 126 valence electrons. The van der Waals surface area contributed by atoms with Crippen molar-refractivity contribution in [1.82, 2.24) is 10.2 Å². The van der Waals surface area contributed by atoms with Gasteiger partial charge in [-0.25, -0.2) is 0 Å². The molecule has 2 heterocycles. The molecule has 1 fully saturated rings. The number of nitrogens with zero attached hydrogens (tertiary/aromatic N) is 3. The third-order valence-corrected chi connectivity index (χ3v) is 4.02. The molecule has 1 amide bonds. The number of esters is 1. The molecule has 1 aromatic carbocycles. The summed E-state index contributed by atoms with van der Waals surface area (Å²) in [5, 5.41) is 7.44. The average molecular weight is 329 g/mol. The Kier molecular flexibility index (Phi) is 4.59. The molecule has 3 rings (SSSR count). The summed E-state index contributed by atoms with van der Waals surface area (Å²) in [6, 6.07) is 7.80. The lowest BCUT2D eigenvalue weighted by Gasteiger charge is -2.16. The van der Waals surface area contributed by atoms with Gasteiger partial charge in [0.05, 0.1) is 5.92 Å². The Labute approximate surface area is 139 Å². The molecule has 0 saturated carbocycles. The summed E-state index contributed by atoms with van der Waals surface area (Å²) >= 11 is 0. The number of hydrogen-bond acceptors (Lipinski definition) is 6. The van der Waals surface area contributed by atoms with Crippen LogP contribution < -0.4 is 4.90 Å². The second kappa shape index (κ2) is 6.82. The SMILES string of the molecule is CCc1ccc(N2C[C@@H](C(=O)OCc3nnc(C)o3)CC2=O)cc1. The van der Waals surface area contributed by atoms with Crippen LogP contribution in [0.1, 0.15) is 30.7 Å². The zero-order valence-corrected chi connectivity index (χ0v) is 13.7. The zero-order chi connectivity index (χ0) is 17.1. The maximum absolute atomic E-state index is 12.2. The summed E-state index contributed by atoms with van der Waals surface area (Å²) in [5.74, 6) is -0.315. The zero-order valence-electron chi connectivity index (χ0n) is 13.7. The lowest BCUT2D eigenvalue weighted by atomic mass is 10.1. The van der Waals surface area contributed by atoms with E-state index in [1.54, 1.807) is 11.8 Å². The number of aryl methyl sites for hydroxylation is 2. The first-order valence-corrected chi connectivity index (χ1v) is 7.91. The lowest BCUT2D eigenvalue weighted by molar-refractivity contribution is -0.150. The van der Waals surface area contributed by atoms with Crippen LogP contribution in [-0.4, -0.2) is 28.6 Å². The van der Waals surface area contributed by atoms with E-state index in [0.29, 0.717) is 12.4 Å².